The lowest BCUT2D eigenvalue weighted by molar-refractivity contribution is -0.126. The molecule has 8 rings (SSSR count). The Bertz CT molecular complexity index is 1540. The van der Waals surface area contributed by atoms with Gasteiger partial charge in [0.15, 0.2) is 5.13 Å². The lowest BCUT2D eigenvalue weighted by atomic mass is 9.52. The summed E-state index contributed by atoms with van der Waals surface area (Å²) < 4.78 is 5.58. The van der Waals surface area contributed by atoms with E-state index in [2.05, 4.69) is 66.1 Å². The van der Waals surface area contributed by atoms with Crippen molar-refractivity contribution in [2.24, 2.45) is 5.41 Å². The lowest BCUT2D eigenvalue weighted by Gasteiger charge is -2.50. The predicted molar refractivity (Wildman–Crippen MR) is 157 cm³/mol. The highest BCUT2D eigenvalue weighted by molar-refractivity contribution is 7.14. The lowest BCUT2D eigenvalue weighted by Crippen LogP contribution is -2.47. The summed E-state index contributed by atoms with van der Waals surface area (Å²) in [6.07, 6.45) is 2.92. The monoisotopic (exact) mass is 549 g/mol. The van der Waals surface area contributed by atoms with E-state index in [-0.39, 0.29) is 29.8 Å². The minimum atomic E-state index is -0.586. The van der Waals surface area contributed by atoms with Crippen molar-refractivity contribution in [3.8, 4) is 11.3 Å². The topological polar surface area (TPSA) is 80.3 Å². The van der Waals surface area contributed by atoms with Gasteiger partial charge in [0.05, 0.1) is 17.2 Å². The molecule has 1 saturated heterocycles. The molecular weight excluding hydrogens is 518 g/mol. The van der Waals surface area contributed by atoms with E-state index in [9.17, 15) is 9.59 Å². The molecule has 1 aromatic heterocycles. The van der Waals surface area contributed by atoms with Crippen LogP contribution in [0.4, 0.5) is 5.13 Å². The van der Waals surface area contributed by atoms with Gasteiger partial charge < -0.3 is 15.4 Å². The van der Waals surface area contributed by atoms with E-state index in [1.165, 1.54) is 33.6 Å². The zero-order valence-electron chi connectivity index (χ0n) is 22.4. The van der Waals surface area contributed by atoms with Gasteiger partial charge in [-0.1, -0.05) is 60.7 Å². The van der Waals surface area contributed by atoms with Crippen LogP contribution in [-0.2, 0) is 9.53 Å². The summed E-state index contributed by atoms with van der Waals surface area (Å²) in [5, 5.41) is 8.65. The minimum absolute atomic E-state index is 0.00301. The average Bonchev–Trinajstić information content (AvgIpc) is 3.69. The Morgan fingerprint density at radius 3 is 2.30 bits per heavy atom. The van der Waals surface area contributed by atoms with Crippen molar-refractivity contribution in [3.05, 3.63) is 106 Å². The smallest absolute Gasteiger partial charge is 0.251 e. The number of nitrogens with zero attached hydrogens (tertiary/aromatic N) is 1. The van der Waals surface area contributed by atoms with Crippen molar-refractivity contribution in [3.63, 3.8) is 0 Å². The van der Waals surface area contributed by atoms with Crippen LogP contribution in [0.1, 0.15) is 70.6 Å². The molecule has 6 nitrogen and oxygen atoms in total. The van der Waals surface area contributed by atoms with Crippen LogP contribution in [0, 0.1) is 5.41 Å². The Morgan fingerprint density at radius 1 is 0.975 bits per heavy atom. The van der Waals surface area contributed by atoms with Gasteiger partial charge in [0.2, 0.25) is 5.91 Å². The van der Waals surface area contributed by atoms with Gasteiger partial charge in [-0.15, -0.1) is 11.3 Å². The molecule has 202 valence electrons. The molecule has 0 radical (unpaired) electrons. The standard InChI is InChI=1S/C33H31N3O3S/c1-33(17-27-23-8-2-4-10-25(23)29(33)26-11-5-3-9-24(26)27)31(38)36-32-35-28(19-40-32)20-12-14-21(15-13-20)30(37)34-18-22-7-6-16-39-22/h2-5,8-15,19,22,27,29H,6-7,16-18H2,1H3,(H,34,37)(H,35,36,38). The quantitative estimate of drug-likeness (QED) is 0.294. The highest BCUT2D eigenvalue weighted by atomic mass is 32.1. The van der Waals surface area contributed by atoms with Crippen LogP contribution >= 0.6 is 11.3 Å². The van der Waals surface area contributed by atoms with Crippen molar-refractivity contribution in [1.82, 2.24) is 10.3 Å². The predicted octanol–water partition coefficient (Wildman–Crippen LogP) is 6.34. The second kappa shape index (κ2) is 9.98. The van der Waals surface area contributed by atoms with Crippen molar-refractivity contribution in [1.29, 1.82) is 0 Å². The second-order valence-corrected chi connectivity index (χ2v) is 12.1. The zero-order valence-corrected chi connectivity index (χ0v) is 23.2. The van der Waals surface area contributed by atoms with Gasteiger partial charge in [-0.2, -0.15) is 0 Å². The van der Waals surface area contributed by atoms with E-state index < -0.39 is 5.41 Å². The number of hydrogen-bond donors (Lipinski definition) is 2. The summed E-state index contributed by atoms with van der Waals surface area (Å²) in [6.45, 7) is 3.41. The molecule has 2 N–H and O–H groups in total. The number of amides is 2. The first-order valence-electron chi connectivity index (χ1n) is 14.0. The first kappa shape index (κ1) is 25.2. The van der Waals surface area contributed by atoms with E-state index in [4.69, 9.17) is 9.72 Å². The summed E-state index contributed by atoms with van der Waals surface area (Å²) >= 11 is 1.42. The molecule has 40 heavy (non-hydrogen) atoms. The minimum Gasteiger partial charge on any atom is -0.376 e. The fourth-order valence-electron chi connectivity index (χ4n) is 6.80. The summed E-state index contributed by atoms with van der Waals surface area (Å²) in [6, 6.07) is 24.6. The van der Waals surface area contributed by atoms with E-state index in [0.29, 0.717) is 17.2 Å². The zero-order chi connectivity index (χ0) is 27.3. The van der Waals surface area contributed by atoms with Crippen molar-refractivity contribution in [2.45, 2.75) is 44.1 Å². The molecule has 4 aromatic rings. The molecule has 7 heteroatoms. The third-order valence-corrected chi connectivity index (χ3v) is 9.59. The highest BCUT2D eigenvalue weighted by Crippen LogP contribution is 2.61. The number of aromatic nitrogens is 1. The SMILES string of the molecule is CC1(C(=O)Nc2nc(-c3ccc(C(=O)NCC4CCCO4)cc3)cs2)CC2c3ccccc3C1c1ccccc12. The number of anilines is 1. The van der Waals surface area contributed by atoms with Crippen LogP contribution in [0.15, 0.2) is 78.2 Å². The Morgan fingerprint density at radius 2 is 1.65 bits per heavy atom. The molecule has 2 heterocycles. The number of hydrogen-bond acceptors (Lipinski definition) is 5. The largest absolute Gasteiger partial charge is 0.376 e. The maximum absolute atomic E-state index is 13.9. The van der Waals surface area contributed by atoms with Crippen LogP contribution in [0.2, 0.25) is 0 Å². The van der Waals surface area contributed by atoms with Crippen LogP contribution in [0.25, 0.3) is 11.3 Å². The molecule has 1 aliphatic heterocycles. The molecule has 3 aromatic carbocycles. The highest BCUT2D eigenvalue weighted by Gasteiger charge is 2.54. The van der Waals surface area contributed by atoms with Gasteiger partial charge in [-0.25, -0.2) is 4.98 Å². The Balaban J connectivity index is 1.07. The molecule has 3 aliphatic carbocycles. The molecule has 2 unspecified atom stereocenters. The Hall–Kier alpha value is -3.81. The van der Waals surface area contributed by atoms with Gasteiger partial charge in [0.25, 0.3) is 5.91 Å². The van der Waals surface area contributed by atoms with Gasteiger partial charge in [-0.05, 0) is 60.6 Å². The van der Waals surface area contributed by atoms with Crippen molar-refractivity contribution < 1.29 is 14.3 Å². The normalized spacial score (nSPS) is 24.3. The summed E-state index contributed by atoms with van der Waals surface area (Å²) in [5.74, 6) is 0.113. The van der Waals surface area contributed by atoms with Crippen LogP contribution in [0.5, 0.6) is 0 Å². The molecule has 0 spiro atoms. The first-order chi connectivity index (χ1) is 19.5. The number of ether oxygens (including phenoxy) is 1. The number of fused-ring (bicyclic) bond motifs is 1. The maximum atomic E-state index is 13.9. The van der Waals surface area contributed by atoms with Crippen LogP contribution in [-0.4, -0.2) is 36.1 Å². The van der Waals surface area contributed by atoms with Crippen molar-refractivity contribution >= 4 is 28.3 Å². The number of nitrogens with one attached hydrogen (secondary N) is 2. The molecule has 2 atom stereocenters. The molecule has 1 fully saturated rings. The summed E-state index contributed by atoms with van der Waals surface area (Å²) in [7, 11) is 0. The Kier molecular flexibility index (Phi) is 6.28. The number of carbonyl (C=O) groups is 2. The molecule has 0 saturated carbocycles. The number of rotatable bonds is 6. The van der Waals surface area contributed by atoms with E-state index in [1.807, 2.05) is 29.6 Å². The number of benzene rings is 3. The number of carbonyl (C=O) groups excluding carboxylic acids is 2. The molecule has 2 amide bonds. The third-order valence-electron chi connectivity index (χ3n) is 8.83. The first-order valence-corrected chi connectivity index (χ1v) is 14.8. The van der Waals surface area contributed by atoms with Gasteiger partial charge >= 0.3 is 0 Å². The van der Waals surface area contributed by atoms with Crippen LogP contribution < -0.4 is 10.6 Å². The fraction of sp³-hybridized carbons (Fsp3) is 0.303. The molecule has 4 aliphatic rings. The van der Waals surface area contributed by atoms with E-state index >= 15 is 0 Å². The second-order valence-electron chi connectivity index (χ2n) is 11.3. The van der Waals surface area contributed by atoms with Gasteiger partial charge in [-0.3, -0.25) is 9.59 Å². The van der Waals surface area contributed by atoms with Gasteiger partial charge in [0.1, 0.15) is 0 Å². The van der Waals surface area contributed by atoms with E-state index in [1.54, 1.807) is 0 Å². The third kappa shape index (κ3) is 4.25. The summed E-state index contributed by atoms with van der Waals surface area (Å²) in [4.78, 5) is 31.2. The Labute approximate surface area is 237 Å². The maximum Gasteiger partial charge on any atom is 0.251 e. The number of thiazole rings is 1. The molecule has 2 bridgehead atoms. The molecular formula is C33H31N3O3S. The fourth-order valence-corrected chi connectivity index (χ4v) is 7.51. The summed E-state index contributed by atoms with van der Waals surface area (Å²) in [5.41, 5.74) is 6.90. The van der Waals surface area contributed by atoms with Gasteiger partial charge in [0, 0.05) is 41.5 Å². The van der Waals surface area contributed by atoms with Crippen LogP contribution in [0.3, 0.4) is 0 Å². The van der Waals surface area contributed by atoms with E-state index in [0.717, 1.165) is 37.1 Å². The van der Waals surface area contributed by atoms with Crippen molar-refractivity contribution in [2.75, 3.05) is 18.5 Å². The average molecular weight is 550 g/mol.